The Hall–Kier alpha value is -2.42. The van der Waals surface area contributed by atoms with Gasteiger partial charge in [-0.05, 0) is 19.4 Å². The molecule has 100 valence electrons. The quantitative estimate of drug-likeness (QED) is 0.718. The third-order valence-electron chi connectivity index (χ3n) is 3.47. The van der Waals surface area contributed by atoms with Crippen molar-refractivity contribution in [2.75, 3.05) is 0 Å². The van der Waals surface area contributed by atoms with Gasteiger partial charge in [-0.1, -0.05) is 60.7 Å². The third kappa shape index (κ3) is 2.35. The first kappa shape index (κ1) is 12.6. The Morgan fingerprint density at radius 3 is 2.10 bits per heavy atom. The van der Waals surface area contributed by atoms with Gasteiger partial charge in [0.1, 0.15) is 5.69 Å². The van der Waals surface area contributed by atoms with Crippen LogP contribution >= 0.6 is 0 Å². The van der Waals surface area contributed by atoms with E-state index in [9.17, 15) is 0 Å². The van der Waals surface area contributed by atoms with Gasteiger partial charge in [-0.25, -0.2) is 0 Å². The molecule has 0 radical (unpaired) electrons. The summed E-state index contributed by atoms with van der Waals surface area (Å²) in [4.78, 5) is 1.80. The number of hydrogen-bond donors (Lipinski definition) is 0. The Kier molecular flexibility index (Phi) is 3.33. The molecule has 0 aliphatic carbocycles. The zero-order valence-corrected chi connectivity index (χ0v) is 11.7. The predicted octanol–water partition coefficient (Wildman–Crippen LogP) is 3.86. The van der Waals surface area contributed by atoms with E-state index < -0.39 is 0 Å². The molecule has 3 rings (SSSR count). The van der Waals surface area contributed by atoms with Crippen LogP contribution in [-0.2, 0) is 0 Å². The first-order valence-corrected chi connectivity index (χ1v) is 6.79. The van der Waals surface area contributed by atoms with Crippen molar-refractivity contribution in [1.82, 2.24) is 15.0 Å². The van der Waals surface area contributed by atoms with E-state index in [1.807, 2.05) is 43.3 Å². The molecule has 0 saturated heterocycles. The van der Waals surface area contributed by atoms with Gasteiger partial charge in [-0.3, -0.25) is 0 Å². The summed E-state index contributed by atoms with van der Waals surface area (Å²) in [6.07, 6.45) is 0. The number of rotatable bonds is 3. The molecule has 20 heavy (non-hydrogen) atoms. The third-order valence-corrected chi connectivity index (χ3v) is 3.47. The molecule has 3 aromatic rings. The second-order valence-electron chi connectivity index (χ2n) is 4.91. The summed E-state index contributed by atoms with van der Waals surface area (Å²) < 4.78 is 0. The molecule has 1 unspecified atom stereocenters. The van der Waals surface area contributed by atoms with Gasteiger partial charge in [0.2, 0.25) is 0 Å². The van der Waals surface area contributed by atoms with Crippen LogP contribution in [0.3, 0.4) is 0 Å². The lowest BCUT2D eigenvalue weighted by Gasteiger charge is -2.10. The lowest BCUT2D eigenvalue weighted by atomic mass is 10.1. The molecule has 0 saturated carbocycles. The second-order valence-corrected chi connectivity index (χ2v) is 4.91. The van der Waals surface area contributed by atoms with Crippen molar-refractivity contribution in [2.24, 2.45) is 0 Å². The van der Waals surface area contributed by atoms with E-state index >= 15 is 0 Å². The van der Waals surface area contributed by atoms with E-state index in [0.29, 0.717) is 0 Å². The molecule has 3 heteroatoms. The average molecular weight is 263 g/mol. The number of aromatic nitrogens is 3. The van der Waals surface area contributed by atoms with Crippen molar-refractivity contribution in [3.63, 3.8) is 0 Å². The second kappa shape index (κ2) is 5.29. The van der Waals surface area contributed by atoms with Crippen molar-refractivity contribution in [1.29, 1.82) is 0 Å². The highest BCUT2D eigenvalue weighted by Crippen LogP contribution is 2.22. The molecule has 1 atom stereocenters. The van der Waals surface area contributed by atoms with Crippen molar-refractivity contribution in [2.45, 2.75) is 19.9 Å². The van der Waals surface area contributed by atoms with Gasteiger partial charge < -0.3 is 0 Å². The summed E-state index contributed by atoms with van der Waals surface area (Å²) in [5.74, 6) is 0. The molecule has 0 aliphatic heterocycles. The van der Waals surface area contributed by atoms with E-state index in [-0.39, 0.29) is 6.04 Å². The molecule has 0 bridgehead atoms. The summed E-state index contributed by atoms with van der Waals surface area (Å²) in [5.41, 5.74) is 4.23. The zero-order chi connectivity index (χ0) is 13.9. The van der Waals surface area contributed by atoms with E-state index in [4.69, 9.17) is 0 Å². The van der Waals surface area contributed by atoms with Gasteiger partial charge in [0.15, 0.2) is 0 Å². The lowest BCUT2D eigenvalue weighted by molar-refractivity contribution is 0.492. The molecule has 0 fully saturated rings. The van der Waals surface area contributed by atoms with Gasteiger partial charge in [0, 0.05) is 5.56 Å². The molecular formula is C17H17N3. The summed E-state index contributed by atoms with van der Waals surface area (Å²) in [6, 6.07) is 20.6. The van der Waals surface area contributed by atoms with Gasteiger partial charge in [-0.15, -0.1) is 0 Å². The van der Waals surface area contributed by atoms with E-state index in [2.05, 4.69) is 41.4 Å². The van der Waals surface area contributed by atoms with E-state index in [1.54, 1.807) is 4.80 Å². The lowest BCUT2D eigenvalue weighted by Crippen LogP contribution is -2.10. The topological polar surface area (TPSA) is 30.7 Å². The minimum absolute atomic E-state index is 0.132. The van der Waals surface area contributed by atoms with E-state index in [1.165, 1.54) is 5.56 Å². The highest BCUT2D eigenvalue weighted by Gasteiger charge is 2.14. The normalized spacial score (nSPS) is 12.3. The van der Waals surface area contributed by atoms with Crippen molar-refractivity contribution in [3.05, 3.63) is 71.9 Å². The minimum atomic E-state index is 0.132. The largest absolute Gasteiger partial charge is 0.177 e. The monoisotopic (exact) mass is 263 g/mol. The van der Waals surface area contributed by atoms with Crippen LogP contribution in [0.15, 0.2) is 60.7 Å². The fourth-order valence-electron chi connectivity index (χ4n) is 2.30. The highest BCUT2D eigenvalue weighted by molar-refractivity contribution is 5.60. The number of benzene rings is 2. The number of nitrogens with zero attached hydrogens (tertiary/aromatic N) is 3. The van der Waals surface area contributed by atoms with Crippen LogP contribution < -0.4 is 0 Å². The van der Waals surface area contributed by atoms with Crippen LogP contribution in [0.25, 0.3) is 11.3 Å². The fourth-order valence-corrected chi connectivity index (χ4v) is 2.30. The highest BCUT2D eigenvalue weighted by atomic mass is 15.5. The molecule has 0 spiro atoms. The minimum Gasteiger partial charge on any atom is -0.177 e. The Balaban J connectivity index is 1.97. The Bertz CT molecular complexity index is 687. The van der Waals surface area contributed by atoms with Crippen LogP contribution in [0.4, 0.5) is 0 Å². The smallest absolute Gasteiger partial charge is 0.115 e. The summed E-state index contributed by atoms with van der Waals surface area (Å²) >= 11 is 0. The molecule has 0 N–H and O–H groups in total. The maximum Gasteiger partial charge on any atom is 0.115 e. The van der Waals surface area contributed by atoms with Gasteiger partial charge >= 0.3 is 0 Å². The SMILES string of the molecule is Cc1nn(C(C)c2ccccc2)nc1-c1ccccc1. The van der Waals surface area contributed by atoms with Gasteiger partial charge in [-0.2, -0.15) is 15.0 Å². The summed E-state index contributed by atoms with van der Waals surface area (Å²) in [5, 5.41) is 9.23. The van der Waals surface area contributed by atoms with Crippen molar-refractivity contribution < 1.29 is 0 Å². The Morgan fingerprint density at radius 2 is 1.45 bits per heavy atom. The first-order chi connectivity index (χ1) is 9.75. The van der Waals surface area contributed by atoms with Crippen molar-refractivity contribution >= 4 is 0 Å². The molecule has 1 heterocycles. The molecule has 2 aromatic carbocycles. The number of aryl methyl sites for hydroxylation is 1. The first-order valence-electron chi connectivity index (χ1n) is 6.79. The molecular weight excluding hydrogens is 246 g/mol. The zero-order valence-electron chi connectivity index (χ0n) is 11.7. The van der Waals surface area contributed by atoms with Crippen LogP contribution in [0.5, 0.6) is 0 Å². The Labute approximate surface area is 118 Å². The van der Waals surface area contributed by atoms with Crippen LogP contribution in [0, 0.1) is 6.92 Å². The molecule has 0 amide bonds. The average Bonchev–Trinajstić information content (AvgIpc) is 2.90. The van der Waals surface area contributed by atoms with Crippen LogP contribution in [-0.4, -0.2) is 15.0 Å². The number of hydrogen-bond acceptors (Lipinski definition) is 2. The van der Waals surface area contributed by atoms with Crippen molar-refractivity contribution in [3.8, 4) is 11.3 Å². The summed E-state index contributed by atoms with van der Waals surface area (Å²) in [6.45, 7) is 4.12. The van der Waals surface area contributed by atoms with Gasteiger partial charge in [0.25, 0.3) is 0 Å². The maximum absolute atomic E-state index is 4.66. The van der Waals surface area contributed by atoms with Gasteiger partial charge in [0.05, 0.1) is 11.7 Å². The Morgan fingerprint density at radius 1 is 0.850 bits per heavy atom. The summed E-state index contributed by atoms with van der Waals surface area (Å²) in [7, 11) is 0. The van der Waals surface area contributed by atoms with E-state index in [0.717, 1.165) is 17.0 Å². The molecule has 0 aliphatic rings. The molecule has 3 nitrogen and oxygen atoms in total. The standard InChI is InChI=1S/C17H17N3/c1-13-17(16-11-7-4-8-12-16)19-20(18-13)14(2)15-9-5-3-6-10-15/h3-12,14H,1-2H3. The van der Waals surface area contributed by atoms with Crippen LogP contribution in [0.1, 0.15) is 24.2 Å². The molecule has 1 aromatic heterocycles. The maximum atomic E-state index is 4.66. The predicted molar refractivity (Wildman–Crippen MR) is 80.5 cm³/mol. The fraction of sp³-hybridized carbons (Fsp3) is 0.176. The van der Waals surface area contributed by atoms with Crippen LogP contribution in [0.2, 0.25) is 0 Å².